The smallest absolute Gasteiger partial charge is 0.0672 e. The Kier molecular flexibility index (Phi) is 7.29. The van der Waals surface area contributed by atoms with E-state index in [1.54, 1.807) is 0 Å². The average molecular weight is 187 g/mol. The first-order valence-electron chi connectivity index (χ1n) is 5.70. The number of nitrogens with one attached hydrogen (secondary N) is 1. The van der Waals surface area contributed by atoms with Crippen LogP contribution < -0.4 is 5.32 Å². The third-order valence-electron chi connectivity index (χ3n) is 2.53. The maximum atomic E-state index is 9.96. The first-order chi connectivity index (χ1) is 6.27. The zero-order valence-corrected chi connectivity index (χ0v) is 9.40. The standard InChI is InChI=1S/C9H19NO.C2H6/c1-2-3-4-9(11)5-7-10-8-6-9;1-2/h10-11H,2-8H2,1H3;1-2H3. The minimum Gasteiger partial charge on any atom is -0.390 e. The third-order valence-corrected chi connectivity index (χ3v) is 2.53. The van der Waals surface area contributed by atoms with Crippen molar-refractivity contribution >= 4 is 0 Å². The molecule has 0 bridgehead atoms. The quantitative estimate of drug-likeness (QED) is 0.710. The molecule has 0 unspecified atom stereocenters. The van der Waals surface area contributed by atoms with Gasteiger partial charge in [0, 0.05) is 0 Å². The van der Waals surface area contributed by atoms with Crippen LogP contribution in [0.5, 0.6) is 0 Å². The number of hydrogen-bond donors (Lipinski definition) is 2. The van der Waals surface area contributed by atoms with Gasteiger partial charge in [0.2, 0.25) is 0 Å². The Bertz CT molecular complexity index is 109. The van der Waals surface area contributed by atoms with Crippen molar-refractivity contribution in [3.8, 4) is 0 Å². The van der Waals surface area contributed by atoms with Crippen LogP contribution in [0.3, 0.4) is 0 Å². The van der Waals surface area contributed by atoms with Gasteiger partial charge in [-0.2, -0.15) is 0 Å². The van der Waals surface area contributed by atoms with Crippen LogP contribution in [-0.2, 0) is 0 Å². The molecule has 1 heterocycles. The highest BCUT2D eigenvalue weighted by molar-refractivity contribution is 4.83. The number of unbranched alkanes of at least 4 members (excludes halogenated alkanes) is 1. The molecule has 0 aromatic rings. The molecule has 0 saturated carbocycles. The molecule has 0 aliphatic carbocycles. The van der Waals surface area contributed by atoms with E-state index < -0.39 is 0 Å². The molecule has 0 aromatic heterocycles. The summed E-state index contributed by atoms with van der Waals surface area (Å²) in [5.74, 6) is 0. The highest BCUT2D eigenvalue weighted by Gasteiger charge is 2.27. The fourth-order valence-electron chi connectivity index (χ4n) is 1.65. The van der Waals surface area contributed by atoms with Crippen molar-refractivity contribution in [2.45, 2.75) is 58.5 Å². The molecule has 2 N–H and O–H groups in total. The van der Waals surface area contributed by atoms with Crippen molar-refractivity contribution < 1.29 is 5.11 Å². The Labute approximate surface area is 82.7 Å². The lowest BCUT2D eigenvalue weighted by atomic mass is 9.87. The Hall–Kier alpha value is -0.0800. The monoisotopic (exact) mass is 187 g/mol. The van der Waals surface area contributed by atoms with Gasteiger partial charge in [-0.3, -0.25) is 0 Å². The maximum absolute atomic E-state index is 9.96. The fraction of sp³-hybridized carbons (Fsp3) is 1.00. The van der Waals surface area contributed by atoms with Gasteiger partial charge >= 0.3 is 0 Å². The van der Waals surface area contributed by atoms with E-state index in [9.17, 15) is 5.11 Å². The first kappa shape index (κ1) is 12.9. The van der Waals surface area contributed by atoms with Crippen LogP contribution in [0.1, 0.15) is 52.9 Å². The van der Waals surface area contributed by atoms with E-state index in [-0.39, 0.29) is 5.60 Å². The number of rotatable bonds is 3. The van der Waals surface area contributed by atoms with Crippen molar-refractivity contribution in [2.24, 2.45) is 0 Å². The van der Waals surface area contributed by atoms with Gasteiger partial charge in [0.05, 0.1) is 5.60 Å². The normalized spacial score (nSPS) is 20.3. The minimum atomic E-state index is -0.332. The second-order valence-corrected chi connectivity index (χ2v) is 3.58. The Morgan fingerprint density at radius 2 is 1.77 bits per heavy atom. The molecule has 1 fully saturated rings. The first-order valence-corrected chi connectivity index (χ1v) is 5.70. The van der Waals surface area contributed by atoms with Gasteiger partial charge in [-0.05, 0) is 32.4 Å². The molecule has 1 saturated heterocycles. The lowest BCUT2D eigenvalue weighted by Gasteiger charge is -2.32. The van der Waals surface area contributed by atoms with E-state index in [0.717, 1.165) is 38.8 Å². The van der Waals surface area contributed by atoms with Gasteiger partial charge in [-0.25, -0.2) is 0 Å². The number of hydrogen-bond acceptors (Lipinski definition) is 2. The highest BCUT2D eigenvalue weighted by atomic mass is 16.3. The molecule has 0 radical (unpaired) electrons. The zero-order valence-electron chi connectivity index (χ0n) is 9.40. The fourth-order valence-corrected chi connectivity index (χ4v) is 1.65. The van der Waals surface area contributed by atoms with E-state index in [1.165, 1.54) is 6.42 Å². The lowest BCUT2D eigenvalue weighted by molar-refractivity contribution is 0.000684. The molecule has 0 atom stereocenters. The molecule has 0 spiro atoms. The van der Waals surface area contributed by atoms with E-state index >= 15 is 0 Å². The molecule has 1 aliphatic heterocycles. The molecule has 13 heavy (non-hydrogen) atoms. The number of aliphatic hydroxyl groups is 1. The van der Waals surface area contributed by atoms with Gasteiger partial charge in [-0.1, -0.05) is 33.6 Å². The number of piperidine rings is 1. The predicted octanol–water partition coefficient (Wildman–Crippen LogP) is 2.32. The largest absolute Gasteiger partial charge is 0.390 e. The van der Waals surface area contributed by atoms with Crippen molar-refractivity contribution in [1.82, 2.24) is 5.32 Å². The average Bonchev–Trinajstić information content (AvgIpc) is 2.19. The van der Waals surface area contributed by atoms with Crippen LogP contribution in [0.15, 0.2) is 0 Å². The van der Waals surface area contributed by atoms with E-state index in [1.807, 2.05) is 13.8 Å². The third kappa shape index (κ3) is 5.27. The lowest BCUT2D eigenvalue weighted by Crippen LogP contribution is -2.41. The van der Waals surface area contributed by atoms with Gasteiger partial charge in [0.1, 0.15) is 0 Å². The van der Waals surface area contributed by atoms with Crippen LogP contribution in [0, 0.1) is 0 Å². The molecule has 2 heteroatoms. The Balaban J connectivity index is 0.000000671. The van der Waals surface area contributed by atoms with E-state index in [4.69, 9.17) is 0 Å². The second-order valence-electron chi connectivity index (χ2n) is 3.58. The van der Waals surface area contributed by atoms with Crippen LogP contribution >= 0.6 is 0 Å². The summed E-state index contributed by atoms with van der Waals surface area (Å²) in [6, 6.07) is 0. The zero-order chi connectivity index (χ0) is 10.2. The van der Waals surface area contributed by atoms with Crippen molar-refractivity contribution in [3.05, 3.63) is 0 Å². The summed E-state index contributed by atoms with van der Waals surface area (Å²) in [6.07, 6.45) is 5.22. The summed E-state index contributed by atoms with van der Waals surface area (Å²) in [5.41, 5.74) is -0.332. The molecule has 0 aromatic carbocycles. The molecule has 2 nitrogen and oxygen atoms in total. The summed E-state index contributed by atoms with van der Waals surface area (Å²) < 4.78 is 0. The van der Waals surface area contributed by atoms with E-state index in [0.29, 0.717) is 0 Å². The van der Waals surface area contributed by atoms with Gasteiger partial charge in [-0.15, -0.1) is 0 Å². The van der Waals surface area contributed by atoms with Crippen LogP contribution in [0.4, 0.5) is 0 Å². The van der Waals surface area contributed by atoms with Gasteiger partial charge in [0.25, 0.3) is 0 Å². The van der Waals surface area contributed by atoms with Crippen molar-refractivity contribution in [1.29, 1.82) is 0 Å². The van der Waals surface area contributed by atoms with E-state index in [2.05, 4.69) is 12.2 Å². The molecule has 1 rings (SSSR count). The maximum Gasteiger partial charge on any atom is 0.0672 e. The summed E-state index contributed by atoms with van der Waals surface area (Å²) in [7, 11) is 0. The summed E-state index contributed by atoms with van der Waals surface area (Å²) in [6.45, 7) is 8.14. The molecule has 80 valence electrons. The molecular weight excluding hydrogens is 162 g/mol. The topological polar surface area (TPSA) is 32.3 Å². The summed E-state index contributed by atoms with van der Waals surface area (Å²) >= 11 is 0. The van der Waals surface area contributed by atoms with Crippen LogP contribution in [-0.4, -0.2) is 23.8 Å². The van der Waals surface area contributed by atoms with Gasteiger partial charge < -0.3 is 10.4 Å². The Morgan fingerprint density at radius 3 is 2.23 bits per heavy atom. The summed E-state index contributed by atoms with van der Waals surface area (Å²) in [5, 5.41) is 13.2. The second kappa shape index (κ2) is 7.34. The summed E-state index contributed by atoms with van der Waals surface area (Å²) in [4.78, 5) is 0. The Morgan fingerprint density at radius 1 is 1.23 bits per heavy atom. The van der Waals surface area contributed by atoms with Crippen molar-refractivity contribution in [2.75, 3.05) is 13.1 Å². The van der Waals surface area contributed by atoms with Crippen LogP contribution in [0.2, 0.25) is 0 Å². The van der Waals surface area contributed by atoms with Crippen molar-refractivity contribution in [3.63, 3.8) is 0 Å². The van der Waals surface area contributed by atoms with Gasteiger partial charge in [0.15, 0.2) is 0 Å². The minimum absolute atomic E-state index is 0.332. The molecular formula is C11H25NO. The predicted molar refractivity (Wildman–Crippen MR) is 57.9 cm³/mol. The molecule has 1 aliphatic rings. The van der Waals surface area contributed by atoms with Crippen LogP contribution in [0.25, 0.3) is 0 Å². The highest BCUT2D eigenvalue weighted by Crippen LogP contribution is 2.23. The SMILES string of the molecule is CC.CCCCC1(O)CCNCC1. The molecule has 0 amide bonds.